The predicted octanol–water partition coefficient (Wildman–Crippen LogP) is 2.35. The number of nitrogens with zero attached hydrogens (tertiary/aromatic N) is 5. The fourth-order valence-electron chi connectivity index (χ4n) is 3.37. The van der Waals surface area contributed by atoms with Crippen molar-refractivity contribution in [1.29, 1.82) is 5.26 Å². The van der Waals surface area contributed by atoms with Crippen LogP contribution in [0.4, 0.5) is 20.7 Å². The molecule has 3 aromatic rings. The van der Waals surface area contributed by atoms with Crippen molar-refractivity contribution in [2.24, 2.45) is 0 Å². The second kappa shape index (κ2) is 9.35. The van der Waals surface area contributed by atoms with E-state index in [4.69, 9.17) is 10.00 Å². The highest BCUT2D eigenvalue weighted by molar-refractivity contribution is 5.90. The Hall–Kier alpha value is -4.46. The molecule has 0 bridgehead atoms. The molecule has 33 heavy (non-hydrogen) atoms. The lowest BCUT2D eigenvalue weighted by Gasteiger charge is -2.14. The van der Waals surface area contributed by atoms with Gasteiger partial charge in [-0.15, -0.1) is 0 Å². The average Bonchev–Trinajstić information content (AvgIpc) is 3.42. The highest BCUT2D eigenvalue weighted by Crippen LogP contribution is 2.25. The minimum Gasteiger partial charge on any atom is -0.442 e. The quantitative estimate of drug-likeness (QED) is 0.567. The van der Waals surface area contributed by atoms with Gasteiger partial charge in [-0.2, -0.15) is 5.26 Å². The van der Waals surface area contributed by atoms with E-state index in [0.717, 1.165) is 0 Å². The summed E-state index contributed by atoms with van der Waals surface area (Å²) in [6.45, 7) is 2.07. The molecule has 1 saturated heterocycles. The Bertz CT molecular complexity index is 1240. The summed E-state index contributed by atoms with van der Waals surface area (Å²) in [6, 6.07) is 9.81. The van der Waals surface area contributed by atoms with Gasteiger partial charge in [0.2, 0.25) is 5.91 Å². The maximum Gasteiger partial charge on any atom is 0.414 e. The van der Waals surface area contributed by atoms with E-state index in [0.29, 0.717) is 29.3 Å². The predicted molar refractivity (Wildman–Crippen MR) is 116 cm³/mol. The van der Waals surface area contributed by atoms with Gasteiger partial charge in [-0.3, -0.25) is 9.69 Å². The van der Waals surface area contributed by atoms with E-state index in [1.165, 1.54) is 28.8 Å². The number of nitriles is 1. The van der Waals surface area contributed by atoms with Crippen LogP contribution in [0.5, 0.6) is 0 Å². The number of cyclic esters (lactones) is 1. The Balaban J connectivity index is 1.44. The standard InChI is InChI=1S/C22H20FN7O3/c1-14(31)26-10-18-12-30(22(32)33-18)17-4-5-20(19(23)7-17)29-11-16(28-13-29)9-27-21-15(8-24)3-2-6-25-21/h2-7,11,13,18H,9-10,12H2,1H3,(H,25,27)(H,26,31)/t18-/m0/s1. The summed E-state index contributed by atoms with van der Waals surface area (Å²) in [5.41, 5.74) is 1.65. The van der Waals surface area contributed by atoms with Crippen LogP contribution in [-0.2, 0) is 16.1 Å². The molecular formula is C22H20FN7O3. The SMILES string of the molecule is CC(=O)NC[C@H]1CN(c2ccc(-n3cnc(CNc4ncccc4C#N)c3)c(F)c2)C(=O)O1. The molecule has 3 heterocycles. The molecular weight excluding hydrogens is 429 g/mol. The van der Waals surface area contributed by atoms with Crippen LogP contribution in [0.3, 0.4) is 0 Å². The van der Waals surface area contributed by atoms with Gasteiger partial charge in [-0.25, -0.2) is 19.2 Å². The van der Waals surface area contributed by atoms with Gasteiger partial charge in [0.25, 0.3) is 0 Å². The molecule has 0 unspecified atom stereocenters. The highest BCUT2D eigenvalue weighted by Gasteiger charge is 2.32. The minimum atomic E-state index is -0.597. The van der Waals surface area contributed by atoms with Crippen LogP contribution in [0.1, 0.15) is 18.2 Å². The molecule has 1 aromatic carbocycles. The fourth-order valence-corrected chi connectivity index (χ4v) is 3.37. The molecule has 1 aliphatic rings. The van der Waals surface area contributed by atoms with Gasteiger partial charge < -0.3 is 19.9 Å². The Morgan fingerprint density at radius 3 is 2.97 bits per heavy atom. The third-order valence-corrected chi connectivity index (χ3v) is 4.98. The zero-order valence-corrected chi connectivity index (χ0v) is 17.7. The topological polar surface area (TPSA) is 125 Å². The van der Waals surface area contributed by atoms with E-state index in [1.807, 2.05) is 0 Å². The van der Waals surface area contributed by atoms with Crippen LogP contribution in [0.2, 0.25) is 0 Å². The van der Waals surface area contributed by atoms with Gasteiger partial charge in [0, 0.05) is 19.3 Å². The molecule has 2 aromatic heterocycles. The summed E-state index contributed by atoms with van der Waals surface area (Å²) in [5.74, 6) is -0.321. The van der Waals surface area contributed by atoms with Crippen molar-refractivity contribution in [2.45, 2.75) is 19.6 Å². The second-order valence-corrected chi connectivity index (χ2v) is 7.33. The Labute approximate surface area is 188 Å². The number of nitrogens with one attached hydrogen (secondary N) is 2. The van der Waals surface area contributed by atoms with Crippen molar-refractivity contribution in [1.82, 2.24) is 19.9 Å². The number of carbonyl (C=O) groups excluding carboxylic acids is 2. The number of imidazole rings is 1. The number of anilines is 2. The third-order valence-electron chi connectivity index (χ3n) is 4.98. The third kappa shape index (κ3) is 4.90. The van der Waals surface area contributed by atoms with Gasteiger partial charge in [0.1, 0.15) is 23.8 Å². The first kappa shape index (κ1) is 21.8. The van der Waals surface area contributed by atoms with Gasteiger partial charge in [-0.1, -0.05) is 0 Å². The second-order valence-electron chi connectivity index (χ2n) is 7.33. The average molecular weight is 449 g/mol. The van der Waals surface area contributed by atoms with Crippen molar-refractivity contribution >= 4 is 23.5 Å². The van der Waals surface area contributed by atoms with E-state index in [1.54, 1.807) is 36.7 Å². The number of hydrogen-bond donors (Lipinski definition) is 2. The lowest BCUT2D eigenvalue weighted by atomic mass is 10.2. The molecule has 10 nitrogen and oxygen atoms in total. The first-order chi connectivity index (χ1) is 15.9. The number of rotatable bonds is 7. The smallest absolute Gasteiger partial charge is 0.414 e. The summed E-state index contributed by atoms with van der Waals surface area (Å²) >= 11 is 0. The van der Waals surface area contributed by atoms with Crippen molar-refractivity contribution in [2.75, 3.05) is 23.3 Å². The van der Waals surface area contributed by atoms with Gasteiger partial charge in [0.05, 0.1) is 48.6 Å². The van der Waals surface area contributed by atoms with E-state index < -0.39 is 18.0 Å². The van der Waals surface area contributed by atoms with Crippen molar-refractivity contribution < 1.29 is 18.7 Å². The maximum absolute atomic E-state index is 14.9. The molecule has 2 N–H and O–H groups in total. The van der Waals surface area contributed by atoms with Crippen molar-refractivity contribution in [3.8, 4) is 11.8 Å². The van der Waals surface area contributed by atoms with E-state index in [-0.39, 0.29) is 24.7 Å². The molecule has 0 radical (unpaired) electrons. The molecule has 168 valence electrons. The number of ether oxygens (including phenoxy) is 1. The van der Waals surface area contributed by atoms with Crippen LogP contribution >= 0.6 is 0 Å². The first-order valence-corrected chi connectivity index (χ1v) is 10.1. The molecule has 1 fully saturated rings. The molecule has 0 aliphatic carbocycles. The van der Waals surface area contributed by atoms with E-state index in [9.17, 15) is 14.0 Å². The largest absolute Gasteiger partial charge is 0.442 e. The number of amides is 2. The Kier molecular flexibility index (Phi) is 6.17. The maximum atomic E-state index is 14.9. The zero-order valence-electron chi connectivity index (χ0n) is 17.7. The van der Waals surface area contributed by atoms with Crippen LogP contribution in [0.25, 0.3) is 5.69 Å². The number of pyridine rings is 1. The van der Waals surface area contributed by atoms with Crippen molar-refractivity contribution in [3.05, 3.63) is 66.1 Å². The number of aromatic nitrogens is 3. The van der Waals surface area contributed by atoms with Crippen LogP contribution < -0.4 is 15.5 Å². The van der Waals surface area contributed by atoms with Crippen LogP contribution in [0.15, 0.2) is 49.1 Å². The molecule has 4 rings (SSSR count). The number of benzene rings is 1. The van der Waals surface area contributed by atoms with Crippen LogP contribution in [-0.4, -0.2) is 45.7 Å². The molecule has 0 spiro atoms. The van der Waals surface area contributed by atoms with Gasteiger partial charge in [-0.05, 0) is 30.3 Å². The summed E-state index contributed by atoms with van der Waals surface area (Å²) in [5, 5.41) is 14.8. The highest BCUT2D eigenvalue weighted by atomic mass is 19.1. The zero-order chi connectivity index (χ0) is 23.4. The number of hydrogen-bond acceptors (Lipinski definition) is 7. The van der Waals surface area contributed by atoms with Crippen molar-refractivity contribution in [3.63, 3.8) is 0 Å². The fraction of sp³-hybridized carbons (Fsp3) is 0.227. The minimum absolute atomic E-state index is 0.193. The number of carbonyl (C=O) groups is 2. The Morgan fingerprint density at radius 2 is 2.21 bits per heavy atom. The lowest BCUT2D eigenvalue weighted by Crippen LogP contribution is -2.33. The van der Waals surface area contributed by atoms with Crippen LogP contribution in [0, 0.1) is 17.1 Å². The monoisotopic (exact) mass is 449 g/mol. The summed E-state index contributed by atoms with van der Waals surface area (Å²) < 4.78 is 21.6. The molecule has 0 saturated carbocycles. The normalized spacial score (nSPS) is 15.1. The summed E-state index contributed by atoms with van der Waals surface area (Å²) in [6.07, 6.45) is 3.62. The number of halogens is 1. The first-order valence-electron chi connectivity index (χ1n) is 10.1. The van der Waals surface area contributed by atoms with Gasteiger partial charge in [0.15, 0.2) is 0 Å². The summed E-state index contributed by atoms with van der Waals surface area (Å²) in [4.78, 5) is 32.9. The van der Waals surface area contributed by atoms with E-state index >= 15 is 0 Å². The summed E-state index contributed by atoms with van der Waals surface area (Å²) in [7, 11) is 0. The van der Waals surface area contributed by atoms with E-state index in [2.05, 4.69) is 26.7 Å². The Morgan fingerprint density at radius 1 is 1.36 bits per heavy atom. The molecule has 1 aliphatic heterocycles. The molecule has 2 amide bonds. The van der Waals surface area contributed by atoms with Gasteiger partial charge >= 0.3 is 6.09 Å². The lowest BCUT2D eigenvalue weighted by molar-refractivity contribution is -0.119. The molecule has 1 atom stereocenters. The molecule has 11 heteroatoms.